The van der Waals surface area contributed by atoms with Gasteiger partial charge in [0.25, 0.3) is 6.47 Å². The molecule has 0 aliphatic rings. The Morgan fingerprint density at radius 1 is 0.638 bits per heavy atom. The average molecular weight is 639 g/mol. The zero-order valence-electron chi connectivity index (χ0n) is 26.9. The van der Waals surface area contributed by atoms with Gasteiger partial charge in [0, 0.05) is 42.2 Å². The Bertz CT molecular complexity index is 1770. The van der Waals surface area contributed by atoms with E-state index in [1.807, 2.05) is 0 Å². The maximum Gasteiger partial charge on any atom is 0.293 e. The summed E-state index contributed by atoms with van der Waals surface area (Å²) in [5.74, 6) is 0. The molecule has 6 rings (SSSR count). The number of pyridine rings is 1. The smallest absolute Gasteiger partial charge is 0.293 e. The molecule has 6 aromatic rings. The molecule has 5 heteroatoms. The molecule has 4 aromatic carbocycles. The lowest BCUT2D eigenvalue weighted by Crippen LogP contribution is -2.35. The van der Waals surface area contributed by atoms with Crippen LogP contribution in [0, 0.1) is 0 Å². The molecular formula is C42H43N2O2P+2. The molecule has 0 bridgehead atoms. The summed E-state index contributed by atoms with van der Waals surface area (Å²) >= 11 is 0. The van der Waals surface area contributed by atoms with Gasteiger partial charge in [0.15, 0.2) is 12.4 Å². The zero-order chi connectivity index (χ0) is 32.2. The van der Waals surface area contributed by atoms with E-state index in [0.29, 0.717) is 13.1 Å². The molecule has 0 saturated carbocycles. The van der Waals surface area contributed by atoms with Gasteiger partial charge >= 0.3 is 0 Å². The Labute approximate surface area is 279 Å². The quantitative estimate of drug-likeness (QED) is 0.0469. The maximum atomic E-state index is 10.4. The second-order valence-electron chi connectivity index (χ2n) is 11.9. The molecule has 2 heterocycles. The van der Waals surface area contributed by atoms with Crippen LogP contribution in [-0.2, 0) is 22.6 Å². The molecule has 47 heavy (non-hydrogen) atoms. The van der Waals surface area contributed by atoms with Gasteiger partial charge in [-0.3, -0.25) is 4.79 Å². The first-order chi connectivity index (χ1) is 23.3. The van der Waals surface area contributed by atoms with Crippen molar-refractivity contribution in [2.45, 2.75) is 38.8 Å². The van der Waals surface area contributed by atoms with Crippen LogP contribution in [0.5, 0.6) is 0 Å². The first-order valence-corrected chi connectivity index (χ1v) is 18.6. The van der Waals surface area contributed by atoms with E-state index in [1.165, 1.54) is 37.9 Å². The summed E-state index contributed by atoms with van der Waals surface area (Å²) in [4.78, 5) is 10.4. The summed E-state index contributed by atoms with van der Waals surface area (Å²) in [6.45, 7) is 2.89. The summed E-state index contributed by atoms with van der Waals surface area (Å²) in [6, 6.07) is 46.5. The van der Waals surface area contributed by atoms with E-state index in [9.17, 15) is 4.79 Å². The summed E-state index contributed by atoms with van der Waals surface area (Å²) in [7, 11) is -1.79. The topological polar surface area (TPSA) is 35.1 Å². The number of carbonyl (C=O) groups excluding carboxylic acids is 1. The number of nitrogens with zero attached hydrogens (tertiary/aromatic N) is 2. The third-order valence-corrected chi connectivity index (χ3v) is 13.4. The molecule has 0 radical (unpaired) electrons. The molecule has 0 aliphatic carbocycles. The van der Waals surface area contributed by atoms with Crippen LogP contribution in [0.15, 0.2) is 146 Å². The molecule has 0 N–H and O–H groups in total. The Balaban J connectivity index is 1.12. The summed E-state index contributed by atoms with van der Waals surface area (Å²) in [5.41, 5.74) is 3.63. The highest BCUT2D eigenvalue weighted by molar-refractivity contribution is 7.95. The van der Waals surface area contributed by atoms with Crippen molar-refractivity contribution in [1.82, 2.24) is 4.57 Å². The van der Waals surface area contributed by atoms with Crippen molar-refractivity contribution in [3.8, 4) is 0 Å². The number of benzene rings is 4. The number of hydrogen-bond donors (Lipinski definition) is 0. The molecule has 2 aromatic heterocycles. The van der Waals surface area contributed by atoms with E-state index < -0.39 is 7.26 Å². The molecule has 0 aliphatic heterocycles. The van der Waals surface area contributed by atoms with Crippen molar-refractivity contribution in [2.75, 3.05) is 12.8 Å². The highest BCUT2D eigenvalue weighted by Crippen LogP contribution is 2.55. The monoisotopic (exact) mass is 638 g/mol. The van der Waals surface area contributed by atoms with E-state index in [2.05, 4.69) is 167 Å². The lowest BCUT2D eigenvalue weighted by Gasteiger charge is -2.27. The van der Waals surface area contributed by atoms with E-state index in [1.54, 1.807) is 0 Å². The standard InChI is InChI=1S/C42H43N2O2P/c45-35-46-32-14-12-29-44-34-37(41-22-10-11-23-42(41)44)25-24-36-26-30-43(31-27-36)28-13-15-33-47(38-16-4-1-5-17-38,39-18-6-2-7-19-39)40-20-8-3-9-21-40/h1-11,16-27,30-31,34-35H,12-15,28-29,32-33H2/q+2. The number of para-hydroxylation sites is 1. The molecule has 0 amide bonds. The molecule has 4 nitrogen and oxygen atoms in total. The van der Waals surface area contributed by atoms with Crippen molar-refractivity contribution < 1.29 is 14.1 Å². The third kappa shape index (κ3) is 7.79. The van der Waals surface area contributed by atoms with Gasteiger partial charge in [0.2, 0.25) is 0 Å². The van der Waals surface area contributed by atoms with Crippen LogP contribution in [0.1, 0.15) is 36.8 Å². The molecule has 236 valence electrons. The van der Waals surface area contributed by atoms with Crippen molar-refractivity contribution >= 4 is 52.7 Å². The fraction of sp³-hybridized carbons (Fsp3) is 0.190. The average Bonchev–Trinajstić information content (AvgIpc) is 3.50. The minimum atomic E-state index is -1.79. The number of ether oxygens (including phenoxy) is 1. The van der Waals surface area contributed by atoms with Crippen molar-refractivity contribution in [2.24, 2.45) is 0 Å². The largest absolute Gasteiger partial charge is 0.468 e. The summed E-state index contributed by atoms with van der Waals surface area (Å²) in [5, 5.41) is 5.61. The highest BCUT2D eigenvalue weighted by Gasteiger charge is 2.44. The summed E-state index contributed by atoms with van der Waals surface area (Å²) < 4.78 is 9.46. The molecule has 0 unspecified atom stereocenters. The second-order valence-corrected chi connectivity index (χ2v) is 15.5. The summed E-state index contributed by atoms with van der Waals surface area (Å²) in [6.07, 6.45) is 16.3. The number of aryl methyl sites for hydroxylation is 2. The van der Waals surface area contributed by atoms with Crippen LogP contribution in [0.25, 0.3) is 23.1 Å². The van der Waals surface area contributed by atoms with Gasteiger partial charge in [-0.25, -0.2) is 4.57 Å². The van der Waals surface area contributed by atoms with Gasteiger partial charge in [-0.05, 0) is 72.9 Å². The van der Waals surface area contributed by atoms with Crippen LogP contribution in [0.4, 0.5) is 0 Å². The van der Waals surface area contributed by atoms with E-state index in [4.69, 9.17) is 4.74 Å². The Morgan fingerprint density at radius 3 is 1.85 bits per heavy atom. The van der Waals surface area contributed by atoms with E-state index >= 15 is 0 Å². The first kappa shape index (κ1) is 32.2. The SMILES string of the molecule is O=COCCCCn1cc(/C=C/c2cc[n+](CCCC[P+](c3ccccc3)(c3ccccc3)c3ccccc3)cc2)c2ccccc21. The first-order valence-electron chi connectivity index (χ1n) is 16.6. The normalized spacial score (nSPS) is 11.7. The van der Waals surface area contributed by atoms with Gasteiger partial charge < -0.3 is 9.30 Å². The van der Waals surface area contributed by atoms with Gasteiger partial charge in [-0.15, -0.1) is 0 Å². The number of hydrogen-bond acceptors (Lipinski definition) is 2. The van der Waals surface area contributed by atoms with Crippen molar-refractivity contribution in [3.05, 3.63) is 157 Å². The zero-order valence-corrected chi connectivity index (χ0v) is 27.8. The fourth-order valence-corrected chi connectivity index (χ4v) is 11.0. The molecule has 0 fully saturated rings. The van der Waals surface area contributed by atoms with E-state index in [-0.39, 0.29) is 0 Å². The lowest BCUT2D eigenvalue weighted by atomic mass is 10.1. The fourth-order valence-electron chi connectivity index (χ4n) is 6.55. The molecular weight excluding hydrogens is 595 g/mol. The van der Waals surface area contributed by atoms with Crippen LogP contribution in [0.2, 0.25) is 0 Å². The molecule has 0 saturated heterocycles. The third-order valence-electron chi connectivity index (χ3n) is 8.92. The predicted octanol–water partition coefficient (Wildman–Crippen LogP) is 7.83. The lowest BCUT2D eigenvalue weighted by molar-refractivity contribution is -0.697. The van der Waals surface area contributed by atoms with Crippen LogP contribution >= 0.6 is 7.26 Å². The highest BCUT2D eigenvalue weighted by atomic mass is 31.2. The van der Waals surface area contributed by atoms with Crippen LogP contribution in [-0.4, -0.2) is 23.8 Å². The number of unbranched alkanes of at least 4 members (excludes halogenated alkanes) is 2. The Kier molecular flexibility index (Phi) is 11.1. The van der Waals surface area contributed by atoms with Crippen molar-refractivity contribution in [1.29, 1.82) is 0 Å². The maximum absolute atomic E-state index is 10.4. The molecule has 0 atom stereocenters. The number of rotatable bonds is 16. The van der Waals surface area contributed by atoms with E-state index in [0.717, 1.165) is 44.9 Å². The van der Waals surface area contributed by atoms with Crippen LogP contribution < -0.4 is 20.5 Å². The van der Waals surface area contributed by atoms with Crippen molar-refractivity contribution in [3.63, 3.8) is 0 Å². The number of carbonyl (C=O) groups is 1. The number of aromatic nitrogens is 2. The van der Waals surface area contributed by atoms with Gasteiger partial charge in [0.05, 0.1) is 12.8 Å². The van der Waals surface area contributed by atoms with Gasteiger partial charge in [0.1, 0.15) is 29.7 Å². The molecule has 0 spiro atoms. The van der Waals surface area contributed by atoms with Gasteiger partial charge in [-0.2, -0.15) is 0 Å². The Morgan fingerprint density at radius 2 is 1.23 bits per heavy atom. The van der Waals surface area contributed by atoms with Gasteiger partial charge in [-0.1, -0.05) is 84.9 Å². The second kappa shape index (κ2) is 16.2. The predicted molar refractivity (Wildman–Crippen MR) is 198 cm³/mol. The minimum absolute atomic E-state index is 0.473. The number of fused-ring (bicyclic) bond motifs is 1. The Hall–Kier alpha value is -4.79. The minimum Gasteiger partial charge on any atom is -0.468 e. The van der Waals surface area contributed by atoms with Crippen LogP contribution in [0.3, 0.4) is 0 Å².